The summed E-state index contributed by atoms with van der Waals surface area (Å²) in [6, 6.07) is 69.3. The van der Waals surface area contributed by atoms with Crippen molar-refractivity contribution >= 4 is 65.6 Å². The highest BCUT2D eigenvalue weighted by Gasteiger charge is 2.20. The number of oxazole rings is 3. The van der Waals surface area contributed by atoms with Crippen LogP contribution < -0.4 is 0 Å². The van der Waals surface area contributed by atoms with Gasteiger partial charge in [0, 0.05) is 16.7 Å². The summed E-state index contributed by atoms with van der Waals surface area (Å²) in [7, 11) is 0. The van der Waals surface area contributed by atoms with Crippen LogP contribution in [-0.2, 0) is 0 Å². The maximum Gasteiger partial charge on any atom is 0.227 e. The molecule has 0 aliphatic rings. The zero-order valence-electron chi connectivity index (χ0n) is 33.6. The van der Waals surface area contributed by atoms with Gasteiger partial charge in [-0.25, -0.2) is 15.0 Å². The van der Waals surface area contributed by atoms with Gasteiger partial charge in [-0.3, -0.25) is 0 Å². The lowest BCUT2D eigenvalue weighted by atomic mass is 9.87. The van der Waals surface area contributed by atoms with Gasteiger partial charge in [0.25, 0.3) is 0 Å². The Bertz CT molecular complexity index is 3430. The fraction of sp³-hybridized carbons (Fsp3) is 0. The molecule has 0 fully saturated rings. The lowest BCUT2D eigenvalue weighted by molar-refractivity contribution is 0.620. The number of aromatic nitrogens is 3. The molecule has 0 unspecified atom stereocenters. The van der Waals surface area contributed by atoms with E-state index < -0.39 is 0 Å². The molecule has 0 atom stereocenters. The van der Waals surface area contributed by atoms with Crippen molar-refractivity contribution < 1.29 is 13.3 Å². The Kier molecular flexibility index (Phi) is 7.80. The summed E-state index contributed by atoms with van der Waals surface area (Å²) in [4.78, 5) is 14.7. The lowest BCUT2D eigenvalue weighted by Crippen LogP contribution is -1.92. The molecular weight excluding hydrogens is 775 g/mol. The summed E-state index contributed by atoms with van der Waals surface area (Å²) in [6.45, 7) is 0. The van der Waals surface area contributed by atoms with Gasteiger partial charge in [-0.15, -0.1) is 0 Å². The highest BCUT2D eigenvalue weighted by molar-refractivity contribution is 6.10. The molecule has 0 saturated heterocycles. The minimum Gasteiger partial charge on any atom is -0.436 e. The summed E-state index contributed by atoms with van der Waals surface area (Å²) in [5.74, 6) is 1.80. The Labute approximate surface area is 360 Å². The molecule has 3 heterocycles. The van der Waals surface area contributed by atoms with E-state index >= 15 is 0 Å². The zero-order chi connectivity index (χ0) is 41.4. The highest BCUT2D eigenvalue weighted by atomic mass is 16.4. The fourth-order valence-electron chi connectivity index (χ4n) is 9.27. The van der Waals surface area contributed by atoms with Gasteiger partial charge in [0.05, 0.1) is 0 Å². The van der Waals surface area contributed by atoms with E-state index in [9.17, 15) is 0 Å². The van der Waals surface area contributed by atoms with E-state index in [4.69, 9.17) is 28.2 Å². The third-order valence-electron chi connectivity index (χ3n) is 12.2. The molecule has 63 heavy (non-hydrogen) atoms. The van der Waals surface area contributed by atoms with Crippen LogP contribution in [0.5, 0.6) is 0 Å². The number of hydrogen-bond donors (Lipinski definition) is 0. The van der Waals surface area contributed by atoms with Crippen LogP contribution in [0.3, 0.4) is 0 Å². The van der Waals surface area contributed by atoms with Crippen LogP contribution in [0.25, 0.3) is 133 Å². The van der Waals surface area contributed by atoms with Gasteiger partial charge >= 0.3 is 0 Å². The van der Waals surface area contributed by atoms with E-state index in [1.54, 1.807) is 0 Å². The summed E-state index contributed by atoms with van der Waals surface area (Å²) >= 11 is 0. The fourth-order valence-corrected chi connectivity index (χ4v) is 9.27. The molecule has 13 rings (SSSR count). The Balaban J connectivity index is 1.04. The van der Waals surface area contributed by atoms with E-state index in [0.717, 1.165) is 116 Å². The van der Waals surface area contributed by atoms with Crippen LogP contribution >= 0.6 is 0 Å². The summed E-state index contributed by atoms with van der Waals surface area (Å²) in [6.07, 6.45) is 0. The lowest BCUT2D eigenvalue weighted by Gasteiger charge is -2.17. The van der Waals surface area contributed by atoms with E-state index in [0.29, 0.717) is 17.7 Å². The standard InChI is InChI=1S/C57H33N3O3/c1-4-16-43-40(13-1)37(25-28-46(43)55-58-49-19-7-10-22-52(49)61-55)34-31-35(38-26-29-47(44-17-5-2-14-41(38)44)56-59-50-20-8-11-23-53(50)62-56)33-36(32-34)39-27-30-48(45-18-6-3-15-42(39)45)57-60-51-21-9-12-24-54(51)63-57/h1-33H. The Morgan fingerprint density at radius 2 is 0.476 bits per heavy atom. The first-order valence-corrected chi connectivity index (χ1v) is 21.0. The molecule has 13 aromatic rings. The third kappa shape index (κ3) is 5.76. The van der Waals surface area contributed by atoms with Crippen molar-refractivity contribution in [2.24, 2.45) is 0 Å². The zero-order valence-corrected chi connectivity index (χ0v) is 33.6. The number of para-hydroxylation sites is 6. The Morgan fingerprint density at radius 1 is 0.238 bits per heavy atom. The largest absolute Gasteiger partial charge is 0.436 e. The van der Waals surface area contributed by atoms with Gasteiger partial charge in [-0.1, -0.05) is 127 Å². The van der Waals surface area contributed by atoms with Crippen LogP contribution in [-0.4, -0.2) is 15.0 Å². The van der Waals surface area contributed by atoms with Crippen molar-refractivity contribution in [2.45, 2.75) is 0 Å². The monoisotopic (exact) mass is 807 g/mol. The molecule has 0 saturated carbocycles. The highest BCUT2D eigenvalue weighted by Crippen LogP contribution is 2.44. The summed E-state index contributed by atoms with van der Waals surface area (Å²) in [5.41, 5.74) is 14.2. The molecule has 0 spiro atoms. The van der Waals surface area contributed by atoms with Gasteiger partial charge in [-0.2, -0.15) is 0 Å². The van der Waals surface area contributed by atoms with Crippen molar-refractivity contribution in [2.75, 3.05) is 0 Å². The van der Waals surface area contributed by atoms with Gasteiger partial charge in [0.1, 0.15) is 16.6 Å². The predicted octanol–water partition coefficient (Wildman–Crippen LogP) is 15.6. The Morgan fingerprint density at radius 3 is 0.762 bits per heavy atom. The molecular formula is C57H33N3O3. The van der Waals surface area contributed by atoms with Crippen molar-refractivity contribution in [3.8, 4) is 67.7 Å². The first-order chi connectivity index (χ1) is 31.2. The molecule has 6 nitrogen and oxygen atoms in total. The van der Waals surface area contributed by atoms with Crippen molar-refractivity contribution in [1.29, 1.82) is 0 Å². The third-order valence-corrected chi connectivity index (χ3v) is 12.2. The Hall–Kier alpha value is -8.61. The molecule has 0 N–H and O–H groups in total. The second kappa shape index (κ2) is 14.0. The maximum atomic E-state index is 6.33. The minimum absolute atomic E-state index is 0.601. The van der Waals surface area contributed by atoms with E-state index in [1.165, 1.54) is 0 Å². The van der Waals surface area contributed by atoms with E-state index in [-0.39, 0.29) is 0 Å². The number of nitrogens with zero attached hydrogens (tertiary/aromatic N) is 3. The first kappa shape index (κ1) is 35.2. The molecule has 294 valence electrons. The van der Waals surface area contributed by atoms with Gasteiger partial charge in [0.15, 0.2) is 16.7 Å². The molecule has 0 radical (unpaired) electrons. The number of fused-ring (bicyclic) bond motifs is 6. The van der Waals surface area contributed by atoms with E-state index in [1.807, 2.05) is 72.8 Å². The SMILES string of the molecule is c1ccc2oc(-c3ccc(-c4cc(-c5ccc(-c6nc7ccccc7o6)c6ccccc56)cc(-c5ccc(-c6nc7ccccc7o6)c6ccccc56)c4)c4ccccc34)nc2c1. The van der Waals surface area contributed by atoms with Gasteiger partial charge in [-0.05, 0) is 138 Å². The second-order valence-corrected chi connectivity index (χ2v) is 15.9. The van der Waals surface area contributed by atoms with Crippen LogP contribution in [0.15, 0.2) is 213 Å². The van der Waals surface area contributed by atoms with E-state index in [2.05, 4.69) is 127 Å². The molecule has 0 aliphatic heterocycles. The smallest absolute Gasteiger partial charge is 0.227 e. The first-order valence-electron chi connectivity index (χ1n) is 21.0. The van der Waals surface area contributed by atoms with Gasteiger partial charge < -0.3 is 13.3 Å². The topological polar surface area (TPSA) is 78.1 Å². The molecule has 6 heteroatoms. The van der Waals surface area contributed by atoms with Crippen molar-refractivity contribution in [3.05, 3.63) is 200 Å². The average molecular weight is 808 g/mol. The van der Waals surface area contributed by atoms with Gasteiger partial charge in [0.2, 0.25) is 17.7 Å². The summed E-state index contributed by atoms with van der Waals surface area (Å²) < 4.78 is 19.0. The quantitative estimate of drug-likeness (QED) is 0.166. The van der Waals surface area contributed by atoms with Crippen molar-refractivity contribution in [3.63, 3.8) is 0 Å². The molecule has 0 bridgehead atoms. The predicted molar refractivity (Wildman–Crippen MR) is 254 cm³/mol. The number of benzene rings is 10. The molecule has 0 aliphatic carbocycles. The van der Waals surface area contributed by atoms with Crippen LogP contribution in [0, 0.1) is 0 Å². The van der Waals surface area contributed by atoms with Crippen LogP contribution in [0.1, 0.15) is 0 Å². The number of hydrogen-bond acceptors (Lipinski definition) is 6. The van der Waals surface area contributed by atoms with Crippen LogP contribution in [0.2, 0.25) is 0 Å². The average Bonchev–Trinajstić information content (AvgIpc) is 4.10. The van der Waals surface area contributed by atoms with Crippen LogP contribution in [0.4, 0.5) is 0 Å². The van der Waals surface area contributed by atoms with Crippen molar-refractivity contribution in [1.82, 2.24) is 15.0 Å². The molecule has 3 aromatic heterocycles. The normalized spacial score (nSPS) is 11.8. The molecule has 10 aromatic carbocycles. The minimum atomic E-state index is 0.601. The maximum absolute atomic E-state index is 6.33. The second-order valence-electron chi connectivity index (χ2n) is 15.9. The number of rotatable bonds is 6. The summed E-state index contributed by atoms with van der Waals surface area (Å²) in [5, 5.41) is 6.51. The molecule has 0 amide bonds.